The third-order valence-electron chi connectivity index (χ3n) is 3.99. The van der Waals surface area contributed by atoms with Gasteiger partial charge < -0.3 is 0 Å². The van der Waals surface area contributed by atoms with Crippen LogP contribution in [-0.4, -0.2) is 20.9 Å². The van der Waals surface area contributed by atoms with Crippen LogP contribution >= 0.6 is 0 Å². The zero-order chi connectivity index (χ0) is 17.8. The molecule has 25 heavy (non-hydrogen) atoms. The summed E-state index contributed by atoms with van der Waals surface area (Å²) >= 11 is 0. The third kappa shape index (κ3) is 3.63. The lowest BCUT2D eigenvalue weighted by Gasteiger charge is -2.05. The second-order valence-corrected chi connectivity index (χ2v) is 5.73. The molecule has 0 atom stereocenters. The Balaban J connectivity index is 1.90. The van der Waals surface area contributed by atoms with Crippen LogP contribution in [0.15, 0.2) is 59.6 Å². The number of benzene rings is 2. The fourth-order valence-corrected chi connectivity index (χ4v) is 2.69. The summed E-state index contributed by atoms with van der Waals surface area (Å²) in [5.74, 6) is 0. The minimum absolute atomic E-state index is 0.101. The van der Waals surface area contributed by atoms with Crippen LogP contribution in [0.5, 0.6) is 0 Å². The Morgan fingerprint density at radius 3 is 2.52 bits per heavy atom. The van der Waals surface area contributed by atoms with Crippen LogP contribution in [0, 0.1) is 24.0 Å². The van der Waals surface area contributed by atoms with Gasteiger partial charge in [0.05, 0.1) is 28.4 Å². The fourth-order valence-electron chi connectivity index (χ4n) is 2.69. The molecule has 0 saturated heterocycles. The summed E-state index contributed by atoms with van der Waals surface area (Å²) in [5.41, 5.74) is 4.20. The number of rotatable bonds is 5. The first-order chi connectivity index (χ1) is 12.1. The Morgan fingerprint density at radius 1 is 1.12 bits per heavy atom. The molecule has 0 saturated carbocycles. The Kier molecular flexibility index (Phi) is 4.70. The molecule has 1 heterocycles. The summed E-state index contributed by atoms with van der Waals surface area (Å²) in [6, 6.07) is 16.5. The van der Waals surface area contributed by atoms with Crippen molar-refractivity contribution in [1.29, 1.82) is 0 Å². The van der Waals surface area contributed by atoms with Crippen molar-refractivity contribution in [2.24, 2.45) is 4.99 Å². The Bertz CT molecular complexity index is 930. The van der Waals surface area contributed by atoms with Gasteiger partial charge in [-0.1, -0.05) is 48.5 Å². The molecule has 126 valence electrons. The molecule has 0 aliphatic heterocycles. The van der Waals surface area contributed by atoms with Gasteiger partial charge >= 0.3 is 0 Å². The summed E-state index contributed by atoms with van der Waals surface area (Å²) in [7, 11) is 0. The van der Waals surface area contributed by atoms with E-state index >= 15 is 0 Å². The number of hydrogen-bond donors (Lipinski definition) is 0. The van der Waals surface area contributed by atoms with Crippen LogP contribution in [0.3, 0.4) is 0 Å². The van der Waals surface area contributed by atoms with Gasteiger partial charge in [-0.3, -0.25) is 19.8 Å². The quantitative estimate of drug-likeness (QED) is 0.398. The molecule has 0 bridgehead atoms. The molecule has 0 radical (unpaired) electrons. The summed E-state index contributed by atoms with van der Waals surface area (Å²) in [5, 5.41) is 15.7. The van der Waals surface area contributed by atoms with Crippen LogP contribution in [0.25, 0.3) is 0 Å². The molecule has 0 spiro atoms. The maximum absolute atomic E-state index is 11.2. The largest absolute Gasteiger partial charge is 0.274 e. The number of aromatic nitrogens is 2. The van der Waals surface area contributed by atoms with Crippen molar-refractivity contribution < 1.29 is 4.92 Å². The van der Waals surface area contributed by atoms with Gasteiger partial charge in [-0.15, -0.1) is 0 Å². The second-order valence-electron chi connectivity index (χ2n) is 5.73. The van der Waals surface area contributed by atoms with Gasteiger partial charge in [-0.25, -0.2) is 0 Å². The van der Waals surface area contributed by atoms with E-state index in [9.17, 15) is 10.1 Å². The topological polar surface area (TPSA) is 73.3 Å². The molecule has 0 aliphatic rings. The number of nitro benzene ring substituents is 1. The number of aryl methyl sites for hydroxylation is 1. The number of para-hydroxylation sites is 1. The van der Waals surface area contributed by atoms with Crippen molar-refractivity contribution in [3.05, 3.63) is 87.2 Å². The van der Waals surface area contributed by atoms with E-state index in [0.717, 1.165) is 22.6 Å². The second kappa shape index (κ2) is 7.09. The van der Waals surface area contributed by atoms with Crippen LogP contribution in [0.2, 0.25) is 0 Å². The highest BCUT2D eigenvalue weighted by Crippen LogP contribution is 2.25. The Morgan fingerprint density at radius 2 is 1.80 bits per heavy atom. The molecule has 0 fully saturated rings. The highest BCUT2D eigenvalue weighted by atomic mass is 16.6. The summed E-state index contributed by atoms with van der Waals surface area (Å²) in [6.45, 7) is 4.15. The molecule has 6 heteroatoms. The highest BCUT2D eigenvalue weighted by molar-refractivity contribution is 5.82. The third-order valence-corrected chi connectivity index (χ3v) is 3.99. The van der Waals surface area contributed by atoms with E-state index in [4.69, 9.17) is 0 Å². The van der Waals surface area contributed by atoms with E-state index in [1.54, 1.807) is 29.1 Å². The smallest absolute Gasteiger partial charge is 0.263 e. The van der Waals surface area contributed by atoms with Crippen molar-refractivity contribution in [3.63, 3.8) is 0 Å². The monoisotopic (exact) mass is 334 g/mol. The van der Waals surface area contributed by atoms with Crippen LogP contribution in [0.1, 0.15) is 22.5 Å². The van der Waals surface area contributed by atoms with Crippen LogP contribution in [-0.2, 0) is 6.54 Å². The maximum atomic E-state index is 11.2. The number of hydrogen-bond acceptors (Lipinski definition) is 4. The molecule has 0 unspecified atom stereocenters. The van der Waals surface area contributed by atoms with Gasteiger partial charge in [0.25, 0.3) is 5.69 Å². The molecule has 1 aromatic heterocycles. The highest BCUT2D eigenvalue weighted by Gasteiger charge is 2.16. The lowest BCUT2D eigenvalue weighted by atomic mass is 10.2. The van der Waals surface area contributed by atoms with Gasteiger partial charge in [0.1, 0.15) is 5.69 Å². The summed E-state index contributed by atoms with van der Waals surface area (Å²) in [6.07, 6.45) is 1.80. The van der Waals surface area contributed by atoms with Gasteiger partial charge in [-0.05, 0) is 19.4 Å². The lowest BCUT2D eigenvalue weighted by Crippen LogP contribution is -2.06. The minimum Gasteiger partial charge on any atom is -0.263 e. The average molecular weight is 334 g/mol. The normalized spacial score (nSPS) is 11.1. The van der Waals surface area contributed by atoms with Crippen molar-refractivity contribution in [1.82, 2.24) is 9.78 Å². The van der Waals surface area contributed by atoms with E-state index in [2.05, 4.69) is 10.1 Å². The molecule has 0 amide bonds. The maximum Gasteiger partial charge on any atom is 0.274 e. The molecule has 0 N–H and O–H groups in total. The molecule has 3 aromatic rings. The van der Waals surface area contributed by atoms with Gasteiger partial charge in [0.15, 0.2) is 0 Å². The van der Waals surface area contributed by atoms with Crippen LogP contribution in [0.4, 0.5) is 11.4 Å². The number of nitro groups is 1. The summed E-state index contributed by atoms with van der Waals surface area (Å²) in [4.78, 5) is 15.4. The van der Waals surface area contributed by atoms with E-state index in [0.29, 0.717) is 12.1 Å². The zero-order valence-electron chi connectivity index (χ0n) is 14.1. The molecule has 6 nitrogen and oxygen atoms in total. The van der Waals surface area contributed by atoms with Crippen molar-refractivity contribution in [2.45, 2.75) is 20.4 Å². The first kappa shape index (κ1) is 16.6. The van der Waals surface area contributed by atoms with Crippen molar-refractivity contribution >= 4 is 17.6 Å². The first-order valence-electron chi connectivity index (χ1n) is 7.91. The van der Waals surface area contributed by atoms with Gasteiger partial charge in [-0.2, -0.15) is 5.10 Å². The molecule has 2 aromatic carbocycles. The Hall–Kier alpha value is -3.28. The lowest BCUT2D eigenvalue weighted by molar-refractivity contribution is -0.385. The minimum atomic E-state index is -0.366. The first-order valence-corrected chi connectivity index (χ1v) is 7.91. The molecular formula is C19H18N4O2. The van der Waals surface area contributed by atoms with E-state index in [1.807, 2.05) is 44.2 Å². The standard InChI is InChI=1S/C19H18N4O2/c1-14-19(20-12-16-8-4-3-5-9-16)15(2)22(21-14)13-17-10-6-7-11-18(17)23(24)25/h3-12H,13H2,1-2H3. The van der Waals surface area contributed by atoms with E-state index in [-0.39, 0.29) is 10.6 Å². The predicted molar refractivity (Wildman–Crippen MR) is 97.6 cm³/mol. The van der Waals surface area contributed by atoms with E-state index < -0.39 is 0 Å². The van der Waals surface area contributed by atoms with Gasteiger partial charge in [0.2, 0.25) is 0 Å². The molecule has 3 rings (SSSR count). The zero-order valence-corrected chi connectivity index (χ0v) is 14.1. The SMILES string of the molecule is Cc1nn(Cc2ccccc2[N+](=O)[O-])c(C)c1N=Cc1ccccc1. The summed E-state index contributed by atoms with van der Waals surface area (Å²) < 4.78 is 1.76. The number of nitrogens with zero attached hydrogens (tertiary/aromatic N) is 4. The number of aliphatic imine (C=N–C) groups is 1. The Labute approximate surface area is 145 Å². The molecule has 0 aliphatic carbocycles. The average Bonchev–Trinajstić information content (AvgIpc) is 2.88. The van der Waals surface area contributed by atoms with Gasteiger partial charge in [0, 0.05) is 12.3 Å². The predicted octanol–water partition coefficient (Wildman–Crippen LogP) is 4.21. The van der Waals surface area contributed by atoms with Crippen molar-refractivity contribution in [2.75, 3.05) is 0 Å². The van der Waals surface area contributed by atoms with E-state index in [1.165, 1.54) is 6.07 Å². The molecular weight excluding hydrogens is 316 g/mol. The fraction of sp³-hybridized carbons (Fsp3) is 0.158. The van der Waals surface area contributed by atoms with Crippen LogP contribution < -0.4 is 0 Å². The van der Waals surface area contributed by atoms with Crippen molar-refractivity contribution in [3.8, 4) is 0 Å².